The molecular formula is C40H47N9O5. The number of piperidine rings is 1. The van der Waals surface area contributed by atoms with Crippen molar-refractivity contribution in [2.75, 3.05) is 67.5 Å². The van der Waals surface area contributed by atoms with Gasteiger partial charge in [0.25, 0.3) is 5.56 Å². The van der Waals surface area contributed by atoms with Crippen molar-refractivity contribution in [2.45, 2.75) is 70.4 Å². The van der Waals surface area contributed by atoms with Crippen LogP contribution in [-0.4, -0.2) is 101 Å². The number of hydrogen-bond donors (Lipinski definition) is 2. The van der Waals surface area contributed by atoms with Crippen molar-refractivity contribution in [3.63, 3.8) is 0 Å². The van der Waals surface area contributed by atoms with Crippen molar-refractivity contribution in [3.8, 4) is 0 Å². The lowest BCUT2D eigenvalue weighted by atomic mass is 9.90. The van der Waals surface area contributed by atoms with E-state index in [0.717, 1.165) is 88.4 Å². The van der Waals surface area contributed by atoms with Gasteiger partial charge in [-0.1, -0.05) is 25.0 Å². The van der Waals surface area contributed by atoms with Crippen LogP contribution >= 0.6 is 0 Å². The van der Waals surface area contributed by atoms with Crippen LogP contribution in [0.4, 0.5) is 23.1 Å². The van der Waals surface area contributed by atoms with Crippen molar-refractivity contribution in [1.82, 2.24) is 29.7 Å². The number of pyridine rings is 2. The molecule has 0 radical (unpaired) electrons. The summed E-state index contributed by atoms with van der Waals surface area (Å²) >= 11 is 0. The summed E-state index contributed by atoms with van der Waals surface area (Å²) in [6.07, 6.45) is 8.39. The number of Topliss-reactive ketones (excluding diaryl/α,β-unsaturated/α-hetero) is 1. The van der Waals surface area contributed by atoms with Gasteiger partial charge in [-0.15, -0.1) is 0 Å². The van der Waals surface area contributed by atoms with Gasteiger partial charge in [0.2, 0.25) is 17.8 Å². The molecule has 54 heavy (non-hydrogen) atoms. The van der Waals surface area contributed by atoms with E-state index < -0.39 is 0 Å². The number of anilines is 4. The number of aromatic nitrogens is 4. The minimum absolute atomic E-state index is 0.0112. The zero-order chi connectivity index (χ0) is 37.3. The van der Waals surface area contributed by atoms with E-state index >= 15 is 0 Å². The number of ketones is 1. The zero-order valence-corrected chi connectivity index (χ0v) is 30.9. The molecule has 2 unspecified atom stereocenters. The molecule has 0 bridgehead atoms. The summed E-state index contributed by atoms with van der Waals surface area (Å²) in [6, 6.07) is 12.1. The van der Waals surface area contributed by atoms with Crippen LogP contribution < -0.4 is 26.0 Å². The van der Waals surface area contributed by atoms with Crippen LogP contribution in [0.3, 0.4) is 0 Å². The Hall–Kier alpha value is -5.21. The average Bonchev–Trinajstić information content (AvgIpc) is 3.70. The number of imide groups is 1. The Morgan fingerprint density at radius 3 is 2.50 bits per heavy atom. The highest BCUT2D eigenvalue weighted by Crippen LogP contribution is 2.33. The number of nitrogens with zero attached hydrogens (tertiary/aromatic N) is 7. The third kappa shape index (κ3) is 7.32. The van der Waals surface area contributed by atoms with Crippen LogP contribution in [0.1, 0.15) is 78.9 Å². The highest BCUT2D eigenvalue weighted by Gasteiger charge is 2.30. The van der Waals surface area contributed by atoms with E-state index in [0.29, 0.717) is 47.8 Å². The first kappa shape index (κ1) is 35.8. The first-order valence-electron chi connectivity index (χ1n) is 19.1. The van der Waals surface area contributed by atoms with Crippen molar-refractivity contribution in [2.24, 2.45) is 0 Å². The minimum atomic E-state index is -0.284. The number of carbonyl (C=O) groups excluding carboxylic acids is 3. The van der Waals surface area contributed by atoms with E-state index in [-0.39, 0.29) is 46.8 Å². The van der Waals surface area contributed by atoms with Crippen LogP contribution in [0.5, 0.6) is 0 Å². The molecule has 3 aliphatic heterocycles. The van der Waals surface area contributed by atoms with Gasteiger partial charge < -0.3 is 19.9 Å². The highest BCUT2D eigenvalue weighted by molar-refractivity contribution is 6.01. The number of carbonyl (C=O) groups is 3. The number of nitrogens with one attached hydrogen (secondary N) is 2. The Labute approximate surface area is 313 Å². The van der Waals surface area contributed by atoms with E-state index in [2.05, 4.69) is 47.4 Å². The predicted octanol–water partition coefficient (Wildman–Crippen LogP) is 4.10. The smallest absolute Gasteiger partial charge is 0.263 e. The van der Waals surface area contributed by atoms with E-state index in [1.54, 1.807) is 17.7 Å². The lowest BCUT2D eigenvalue weighted by Gasteiger charge is -2.40. The monoisotopic (exact) mass is 733 g/mol. The number of benzene rings is 1. The molecule has 4 fully saturated rings. The number of rotatable bonds is 9. The molecule has 4 aromatic rings. The van der Waals surface area contributed by atoms with Crippen molar-refractivity contribution in [1.29, 1.82) is 0 Å². The summed E-state index contributed by atoms with van der Waals surface area (Å²) in [7, 11) is 0. The first-order chi connectivity index (χ1) is 26.2. The van der Waals surface area contributed by atoms with Gasteiger partial charge in [0.05, 0.1) is 36.1 Å². The van der Waals surface area contributed by atoms with E-state index in [1.165, 1.54) is 6.92 Å². The molecule has 14 nitrogen and oxygen atoms in total. The van der Waals surface area contributed by atoms with E-state index in [4.69, 9.17) is 9.72 Å². The van der Waals surface area contributed by atoms with Crippen molar-refractivity contribution in [3.05, 3.63) is 75.8 Å². The average molecular weight is 734 g/mol. The Bertz CT molecular complexity index is 2120. The minimum Gasteiger partial charge on any atom is -0.373 e. The van der Waals surface area contributed by atoms with E-state index in [1.807, 2.05) is 30.5 Å². The van der Waals surface area contributed by atoms with Crippen molar-refractivity contribution >= 4 is 51.8 Å². The third-order valence-corrected chi connectivity index (χ3v) is 11.5. The molecule has 3 aromatic heterocycles. The molecule has 8 rings (SSSR count). The molecule has 3 saturated heterocycles. The molecule has 14 heteroatoms. The first-order valence-corrected chi connectivity index (χ1v) is 19.1. The van der Waals surface area contributed by atoms with Gasteiger partial charge in [0, 0.05) is 75.5 Å². The number of hydrogen-bond acceptors (Lipinski definition) is 12. The molecule has 2 atom stereocenters. The fourth-order valence-corrected chi connectivity index (χ4v) is 8.56. The number of amides is 2. The summed E-state index contributed by atoms with van der Waals surface area (Å²) < 4.78 is 7.93. The molecule has 2 amide bonds. The molecule has 2 N–H and O–H groups in total. The molecule has 0 spiro atoms. The molecular weight excluding hydrogens is 686 g/mol. The van der Waals surface area contributed by atoms with Crippen LogP contribution in [0, 0.1) is 6.92 Å². The van der Waals surface area contributed by atoms with Gasteiger partial charge in [-0.25, -0.2) is 9.97 Å². The maximum Gasteiger partial charge on any atom is 0.263 e. The topological polar surface area (TPSA) is 155 Å². The second-order valence-electron chi connectivity index (χ2n) is 15.0. The maximum absolute atomic E-state index is 13.6. The second-order valence-corrected chi connectivity index (χ2v) is 15.0. The summed E-state index contributed by atoms with van der Waals surface area (Å²) in [6.45, 7) is 9.83. The van der Waals surface area contributed by atoms with Gasteiger partial charge in [-0.05, 0) is 68.5 Å². The number of morpholine rings is 1. The van der Waals surface area contributed by atoms with Crippen LogP contribution in [0.15, 0.2) is 53.6 Å². The molecule has 6 heterocycles. The SMILES string of the molecule is CC(=O)c1c(C)c2cnc(Nc3ccc(N4CCOC(CN5CCN(c6cccc(C7CCC(=O)NC7=O)c6)CC5)C4)cn3)nc2n(C2CCCC2)c1=O. The Balaban J connectivity index is 0.880. The van der Waals surface area contributed by atoms with E-state index in [9.17, 15) is 19.2 Å². The number of fused-ring (bicyclic) bond motifs is 1. The third-order valence-electron chi connectivity index (χ3n) is 11.5. The summed E-state index contributed by atoms with van der Waals surface area (Å²) in [5.74, 6) is 0.0134. The Morgan fingerprint density at radius 2 is 1.76 bits per heavy atom. The molecule has 1 aliphatic carbocycles. The van der Waals surface area contributed by atoms with Gasteiger partial charge in [0.15, 0.2) is 5.78 Å². The van der Waals surface area contributed by atoms with Crippen LogP contribution in [0.2, 0.25) is 0 Å². The standard InChI is InChI=1S/C40H47N9O5/c1-25-33-22-42-40(45-37(33)49(28-7-3-4-8-28)39(53)36(25)26(2)50)43-34-12-10-30(21-41-34)48-18-19-54-31(24-48)23-46-14-16-47(17-15-46)29-9-5-6-27(20-29)32-11-13-35(51)44-38(32)52/h5-6,9-10,12,20-22,28,31-32H,3-4,7-8,11,13-19,23-24H2,1-2H3,(H,44,51,52)(H,41,42,43,45). The summed E-state index contributed by atoms with van der Waals surface area (Å²) in [4.78, 5) is 71.3. The molecule has 1 saturated carbocycles. The highest BCUT2D eigenvalue weighted by atomic mass is 16.5. The van der Waals surface area contributed by atoms with Gasteiger partial charge in [-0.2, -0.15) is 4.98 Å². The molecule has 4 aliphatic rings. The number of piperazine rings is 1. The Morgan fingerprint density at radius 1 is 0.944 bits per heavy atom. The van der Waals surface area contributed by atoms with Crippen molar-refractivity contribution < 1.29 is 19.1 Å². The number of aryl methyl sites for hydroxylation is 1. The normalized spacial score (nSPS) is 21.4. The van der Waals surface area contributed by atoms with Crippen LogP contribution in [0.25, 0.3) is 11.0 Å². The van der Waals surface area contributed by atoms with Gasteiger partial charge >= 0.3 is 0 Å². The summed E-state index contributed by atoms with van der Waals surface area (Å²) in [5, 5.41) is 6.41. The number of ether oxygens (including phenoxy) is 1. The van der Waals surface area contributed by atoms with Gasteiger partial charge in [-0.3, -0.25) is 34.0 Å². The molecule has 1 aromatic carbocycles. The Kier molecular flexibility index (Phi) is 10.1. The second kappa shape index (κ2) is 15.3. The largest absolute Gasteiger partial charge is 0.373 e. The molecule has 282 valence electrons. The quantitative estimate of drug-likeness (QED) is 0.188. The fourth-order valence-electron chi connectivity index (χ4n) is 8.56. The predicted molar refractivity (Wildman–Crippen MR) is 206 cm³/mol. The lowest BCUT2D eigenvalue weighted by molar-refractivity contribution is -0.134. The fraction of sp³-hybridized carbons (Fsp3) is 0.475. The zero-order valence-electron chi connectivity index (χ0n) is 30.9. The summed E-state index contributed by atoms with van der Waals surface area (Å²) in [5.41, 5.74) is 4.19. The van der Waals surface area contributed by atoms with Gasteiger partial charge in [0.1, 0.15) is 11.5 Å². The van der Waals surface area contributed by atoms with Crippen LogP contribution in [-0.2, 0) is 14.3 Å². The maximum atomic E-state index is 13.6. The lowest BCUT2D eigenvalue weighted by Crippen LogP contribution is -2.52.